The number of halogens is 1. The van der Waals surface area contributed by atoms with E-state index in [4.69, 9.17) is 32.5 Å². The number of pyridine rings is 1. The highest BCUT2D eigenvalue weighted by atomic mass is 35.5. The van der Waals surface area contributed by atoms with Crippen LogP contribution in [-0.4, -0.2) is 35.6 Å². The van der Waals surface area contributed by atoms with Crippen molar-refractivity contribution in [2.45, 2.75) is 6.42 Å². The van der Waals surface area contributed by atoms with Crippen LogP contribution in [0, 0.1) is 16.7 Å². The molecule has 2 aromatic rings. The minimum Gasteiger partial charge on any atom is -0.483 e. The molecule has 1 aromatic heterocycles. The molecule has 1 saturated heterocycles. The fraction of sp³-hybridized carbons (Fsp3) is 0.222. The molecule has 26 heavy (non-hydrogen) atoms. The number of hydrogen-bond acceptors (Lipinski definition) is 5. The molecule has 1 amide bonds. The van der Waals surface area contributed by atoms with Gasteiger partial charge in [0.2, 0.25) is 5.91 Å². The summed E-state index contributed by atoms with van der Waals surface area (Å²) >= 11 is 5.89. The SMILES string of the molecule is N#Cc1cccc(N2CC(Cc3ccc(Cl)cc3)(C(N)=O)C2)n1.O=CO. The lowest BCUT2D eigenvalue weighted by Crippen LogP contribution is -2.64. The second-order valence-corrected chi connectivity index (χ2v) is 6.34. The molecule has 0 radical (unpaired) electrons. The van der Waals surface area contributed by atoms with Crippen molar-refractivity contribution in [3.63, 3.8) is 0 Å². The van der Waals surface area contributed by atoms with Crippen LogP contribution in [-0.2, 0) is 16.0 Å². The summed E-state index contributed by atoms with van der Waals surface area (Å²) in [6.07, 6.45) is 0.563. The van der Waals surface area contributed by atoms with Crippen LogP contribution in [0.4, 0.5) is 5.82 Å². The van der Waals surface area contributed by atoms with Crippen LogP contribution in [0.3, 0.4) is 0 Å². The largest absolute Gasteiger partial charge is 0.483 e. The Hall–Kier alpha value is -3.11. The number of hydrogen-bond donors (Lipinski definition) is 2. The quantitative estimate of drug-likeness (QED) is 0.790. The van der Waals surface area contributed by atoms with Gasteiger partial charge in [0, 0.05) is 18.1 Å². The summed E-state index contributed by atoms with van der Waals surface area (Å²) in [7, 11) is 0. The van der Waals surface area contributed by atoms with Crippen LogP contribution in [0.1, 0.15) is 11.3 Å². The Morgan fingerprint density at radius 1 is 1.35 bits per heavy atom. The Balaban J connectivity index is 0.000000758. The van der Waals surface area contributed by atoms with Crippen molar-refractivity contribution >= 4 is 29.8 Å². The van der Waals surface area contributed by atoms with Gasteiger partial charge < -0.3 is 15.7 Å². The standard InChI is InChI=1S/C17H15ClN4O.CH2O2/c18-13-6-4-12(5-7-13)8-17(16(20)23)10-22(11-17)15-3-1-2-14(9-19)21-15;2-1-3/h1-7H,8,10-11H2,(H2,20,23);1H,(H,2,3). The van der Waals surface area contributed by atoms with Gasteiger partial charge in [-0.3, -0.25) is 9.59 Å². The van der Waals surface area contributed by atoms with Gasteiger partial charge in [0.25, 0.3) is 6.47 Å². The van der Waals surface area contributed by atoms with E-state index in [1.165, 1.54) is 0 Å². The van der Waals surface area contributed by atoms with E-state index in [9.17, 15) is 4.79 Å². The summed E-state index contributed by atoms with van der Waals surface area (Å²) in [6.45, 7) is 0.736. The number of carboxylic acid groups (broad SMARTS) is 1. The van der Waals surface area contributed by atoms with Gasteiger partial charge in [-0.25, -0.2) is 4.98 Å². The van der Waals surface area contributed by atoms with E-state index in [1.54, 1.807) is 24.3 Å². The van der Waals surface area contributed by atoms with Gasteiger partial charge >= 0.3 is 0 Å². The van der Waals surface area contributed by atoms with Crippen LogP contribution in [0.2, 0.25) is 5.02 Å². The summed E-state index contributed by atoms with van der Waals surface area (Å²) in [6, 6.07) is 14.7. The zero-order valence-corrected chi connectivity index (χ0v) is 14.6. The molecule has 7 nitrogen and oxygen atoms in total. The highest BCUT2D eigenvalue weighted by Gasteiger charge is 2.48. The number of rotatable bonds is 4. The van der Waals surface area contributed by atoms with Crippen molar-refractivity contribution in [3.8, 4) is 6.07 Å². The van der Waals surface area contributed by atoms with E-state index >= 15 is 0 Å². The first-order valence-electron chi connectivity index (χ1n) is 7.68. The van der Waals surface area contributed by atoms with E-state index < -0.39 is 5.41 Å². The average Bonchev–Trinajstić information content (AvgIpc) is 2.60. The third-order valence-corrected chi connectivity index (χ3v) is 4.39. The van der Waals surface area contributed by atoms with Gasteiger partial charge in [0.15, 0.2) is 0 Å². The van der Waals surface area contributed by atoms with Crippen molar-refractivity contribution in [2.24, 2.45) is 11.1 Å². The molecule has 3 N–H and O–H groups in total. The number of amides is 1. The average molecular weight is 373 g/mol. The molecule has 0 spiro atoms. The van der Waals surface area contributed by atoms with Crippen molar-refractivity contribution in [3.05, 3.63) is 58.7 Å². The maximum atomic E-state index is 12.0. The van der Waals surface area contributed by atoms with Crippen molar-refractivity contribution in [1.82, 2.24) is 4.98 Å². The number of nitrogens with zero attached hydrogens (tertiary/aromatic N) is 3. The van der Waals surface area contributed by atoms with Crippen molar-refractivity contribution in [1.29, 1.82) is 5.26 Å². The number of benzene rings is 1. The predicted molar refractivity (Wildman–Crippen MR) is 96.6 cm³/mol. The monoisotopic (exact) mass is 372 g/mol. The summed E-state index contributed by atoms with van der Waals surface area (Å²) in [5.41, 5.74) is 6.41. The van der Waals surface area contributed by atoms with Gasteiger partial charge in [-0.2, -0.15) is 5.26 Å². The molecule has 1 aromatic carbocycles. The topological polar surface area (TPSA) is 120 Å². The maximum Gasteiger partial charge on any atom is 0.290 e. The third-order valence-electron chi connectivity index (χ3n) is 4.14. The highest BCUT2D eigenvalue weighted by molar-refractivity contribution is 6.30. The first kappa shape index (κ1) is 19.2. The number of primary amides is 1. The molecule has 2 heterocycles. The van der Waals surface area contributed by atoms with Gasteiger partial charge in [0.05, 0.1) is 5.41 Å². The van der Waals surface area contributed by atoms with E-state index in [0.29, 0.717) is 36.0 Å². The van der Waals surface area contributed by atoms with Crippen molar-refractivity contribution in [2.75, 3.05) is 18.0 Å². The molecule has 0 bridgehead atoms. The second kappa shape index (κ2) is 8.32. The molecule has 1 aliphatic rings. The van der Waals surface area contributed by atoms with Gasteiger partial charge in [-0.15, -0.1) is 0 Å². The van der Waals surface area contributed by atoms with E-state index in [0.717, 1.165) is 5.56 Å². The molecule has 0 atom stereocenters. The summed E-state index contributed by atoms with van der Waals surface area (Å²) < 4.78 is 0. The number of nitrogens with two attached hydrogens (primary N) is 1. The molecule has 1 fully saturated rings. The molecular weight excluding hydrogens is 356 g/mol. The molecule has 8 heteroatoms. The minimum atomic E-state index is -0.613. The lowest BCUT2D eigenvalue weighted by Gasteiger charge is -2.48. The van der Waals surface area contributed by atoms with Crippen LogP contribution in [0.5, 0.6) is 0 Å². The van der Waals surface area contributed by atoms with Gasteiger partial charge in [-0.05, 0) is 36.2 Å². The Bertz CT molecular complexity index is 827. The fourth-order valence-corrected chi connectivity index (χ4v) is 2.98. The van der Waals surface area contributed by atoms with E-state index in [-0.39, 0.29) is 12.4 Å². The smallest absolute Gasteiger partial charge is 0.290 e. The lowest BCUT2D eigenvalue weighted by atomic mass is 9.74. The van der Waals surface area contributed by atoms with E-state index in [1.807, 2.05) is 29.2 Å². The summed E-state index contributed by atoms with van der Waals surface area (Å²) in [4.78, 5) is 26.5. The Kier molecular flexibility index (Phi) is 6.15. The third kappa shape index (κ3) is 4.29. The highest BCUT2D eigenvalue weighted by Crippen LogP contribution is 2.36. The fourth-order valence-electron chi connectivity index (χ4n) is 2.86. The van der Waals surface area contributed by atoms with Crippen LogP contribution in [0.25, 0.3) is 0 Å². The maximum absolute atomic E-state index is 12.0. The minimum absolute atomic E-state index is 0.250. The number of nitriles is 1. The second-order valence-electron chi connectivity index (χ2n) is 5.90. The van der Waals surface area contributed by atoms with Crippen molar-refractivity contribution < 1.29 is 14.7 Å². The predicted octanol–water partition coefficient (Wildman–Crippen LogP) is 1.84. The Labute approximate surface area is 155 Å². The van der Waals surface area contributed by atoms with E-state index in [2.05, 4.69) is 4.98 Å². The molecule has 0 aliphatic carbocycles. The molecule has 0 saturated carbocycles. The normalized spacial score (nSPS) is 14.2. The van der Waals surface area contributed by atoms with Crippen LogP contribution in [0.15, 0.2) is 42.5 Å². The molecule has 0 unspecified atom stereocenters. The Morgan fingerprint density at radius 2 is 1.96 bits per heavy atom. The summed E-state index contributed by atoms with van der Waals surface area (Å²) in [5, 5.41) is 16.5. The van der Waals surface area contributed by atoms with Gasteiger partial charge in [0.1, 0.15) is 17.6 Å². The first-order chi connectivity index (χ1) is 12.4. The number of aromatic nitrogens is 1. The molecule has 1 aliphatic heterocycles. The summed E-state index contributed by atoms with van der Waals surface area (Å²) in [5.74, 6) is 0.372. The van der Waals surface area contributed by atoms with Crippen LogP contribution < -0.4 is 10.6 Å². The number of anilines is 1. The zero-order valence-electron chi connectivity index (χ0n) is 13.8. The first-order valence-corrected chi connectivity index (χ1v) is 8.06. The molecular formula is C18H17ClN4O3. The molecule has 3 rings (SSSR count). The number of carbonyl (C=O) groups is 2. The lowest BCUT2D eigenvalue weighted by molar-refractivity contribution is -0.129. The van der Waals surface area contributed by atoms with Crippen LogP contribution >= 0.6 is 11.6 Å². The Morgan fingerprint density at radius 3 is 2.50 bits per heavy atom. The number of carbonyl (C=O) groups excluding carboxylic acids is 1. The molecule has 134 valence electrons. The zero-order chi connectivity index (χ0) is 19.2. The van der Waals surface area contributed by atoms with Gasteiger partial charge in [-0.1, -0.05) is 29.8 Å².